The van der Waals surface area contributed by atoms with E-state index >= 15 is 0 Å². The van der Waals surface area contributed by atoms with E-state index in [1.165, 1.54) is 57.8 Å². The molecule has 0 rings (SSSR count). The van der Waals surface area contributed by atoms with Gasteiger partial charge in [-0.1, -0.05) is 273 Å². The molecule has 0 spiro atoms. The van der Waals surface area contributed by atoms with Crippen LogP contribution in [0.3, 0.4) is 0 Å². The molecule has 0 aliphatic carbocycles. The average molecular weight is 1420 g/mol. The van der Waals surface area contributed by atoms with Crippen LogP contribution in [0.15, 0.2) is 97.2 Å². The van der Waals surface area contributed by atoms with Crippen LogP contribution in [0.25, 0.3) is 0 Å². The fourth-order valence-electron chi connectivity index (χ4n) is 10.2. The van der Waals surface area contributed by atoms with Crippen molar-refractivity contribution in [2.24, 2.45) is 0 Å². The molecule has 17 nitrogen and oxygen atoms in total. The van der Waals surface area contributed by atoms with E-state index in [1.54, 1.807) is 0 Å². The van der Waals surface area contributed by atoms with Gasteiger partial charge in [-0.3, -0.25) is 37.3 Å². The van der Waals surface area contributed by atoms with Gasteiger partial charge in [-0.15, -0.1) is 0 Å². The van der Waals surface area contributed by atoms with Crippen molar-refractivity contribution in [2.45, 2.75) is 341 Å². The fraction of sp³-hybridized carbons (Fsp3) is 0.747. The molecule has 566 valence electrons. The van der Waals surface area contributed by atoms with Crippen molar-refractivity contribution in [1.82, 2.24) is 0 Å². The topological polar surface area (TPSA) is 237 Å². The Morgan fingerprint density at radius 1 is 0.296 bits per heavy atom. The summed E-state index contributed by atoms with van der Waals surface area (Å²) in [6.07, 6.45) is 74.0. The van der Waals surface area contributed by atoms with Gasteiger partial charge in [0.1, 0.15) is 19.3 Å². The molecule has 5 unspecified atom stereocenters. The third-order valence-corrected chi connectivity index (χ3v) is 17.9. The molecule has 0 saturated heterocycles. The predicted molar refractivity (Wildman–Crippen MR) is 399 cm³/mol. The van der Waals surface area contributed by atoms with Crippen molar-refractivity contribution < 1.29 is 80.2 Å². The van der Waals surface area contributed by atoms with Crippen LogP contribution in [-0.4, -0.2) is 96.7 Å². The summed E-state index contributed by atoms with van der Waals surface area (Å²) < 4.78 is 68.4. The maximum atomic E-state index is 13.1. The number of carbonyl (C=O) groups is 4. The van der Waals surface area contributed by atoms with Crippen LogP contribution in [0.4, 0.5) is 0 Å². The number of hydrogen-bond donors (Lipinski definition) is 3. The van der Waals surface area contributed by atoms with Gasteiger partial charge in [-0.2, -0.15) is 0 Å². The zero-order valence-electron chi connectivity index (χ0n) is 61.7. The highest BCUT2D eigenvalue weighted by Crippen LogP contribution is 2.45. The van der Waals surface area contributed by atoms with Crippen molar-refractivity contribution in [3.05, 3.63) is 97.2 Å². The van der Waals surface area contributed by atoms with Crippen LogP contribution in [0.5, 0.6) is 0 Å². The number of phosphoric ester groups is 2. The number of phosphoric acid groups is 2. The maximum Gasteiger partial charge on any atom is 0.472 e. The molecule has 98 heavy (non-hydrogen) atoms. The van der Waals surface area contributed by atoms with Crippen LogP contribution in [-0.2, 0) is 65.4 Å². The Morgan fingerprint density at radius 3 is 0.878 bits per heavy atom. The Kier molecular flexibility index (Phi) is 68.4. The first-order valence-electron chi connectivity index (χ1n) is 38.5. The van der Waals surface area contributed by atoms with E-state index in [4.69, 9.17) is 37.0 Å². The zero-order valence-corrected chi connectivity index (χ0v) is 63.5. The monoisotopic (exact) mass is 1420 g/mol. The second kappa shape index (κ2) is 71.4. The van der Waals surface area contributed by atoms with Gasteiger partial charge in [-0.05, 0) is 122 Å². The summed E-state index contributed by atoms with van der Waals surface area (Å²) in [6, 6.07) is 0. The van der Waals surface area contributed by atoms with E-state index in [0.717, 1.165) is 186 Å². The third kappa shape index (κ3) is 70.4. The van der Waals surface area contributed by atoms with Gasteiger partial charge in [0.15, 0.2) is 12.2 Å². The summed E-state index contributed by atoms with van der Waals surface area (Å²) in [5.41, 5.74) is 0. The van der Waals surface area contributed by atoms with Gasteiger partial charge in [0.2, 0.25) is 0 Å². The Bertz CT molecular complexity index is 2240. The van der Waals surface area contributed by atoms with Gasteiger partial charge in [0.05, 0.1) is 26.4 Å². The number of aliphatic hydroxyl groups is 1. The molecule has 5 atom stereocenters. The smallest absolute Gasteiger partial charge is 0.462 e. The number of rotatable bonds is 72. The number of hydrogen-bond acceptors (Lipinski definition) is 15. The number of carbonyl (C=O) groups excluding carboxylic acids is 4. The molecule has 3 N–H and O–H groups in total. The van der Waals surface area contributed by atoms with Crippen LogP contribution in [0, 0.1) is 0 Å². The molecule has 0 aliphatic heterocycles. The quantitative estimate of drug-likeness (QED) is 0.0169. The largest absolute Gasteiger partial charge is 0.472 e. The van der Waals surface area contributed by atoms with Gasteiger partial charge >= 0.3 is 39.5 Å². The third-order valence-electron chi connectivity index (χ3n) is 16.0. The highest BCUT2D eigenvalue weighted by molar-refractivity contribution is 7.47. The first-order valence-corrected chi connectivity index (χ1v) is 41.5. The summed E-state index contributed by atoms with van der Waals surface area (Å²) in [5, 5.41) is 10.6. The minimum absolute atomic E-state index is 0.0748. The Balaban J connectivity index is 5.31. The molecule has 0 aliphatic rings. The van der Waals surface area contributed by atoms with Gasteiger partial charge in [-0.25, -0.2) is 9.13 Å². The fourth-order valence-corrected chi connectivity index (χ4v) is 11.7. The molecular weight excluding hydrogens is 1280 g/mol. The van der Waals surface area contributed by atoms with Crippen LogP contribution in [0.2, 0.25) is 0 Å². The number of unbranched alkanes of at least 4 members (excludes halogenated alkanes) is 30. The molecule has 0 bridgehead atoms. The van der Waals surface area contributed by atoms with Crippen LogP contribution in [0.1, 0.15) is 323 Å². The second-order valence-electron chi connectivity index (χ2n) is 25.6. The molecule has 0 aromatic rings. The SMILES string of the molecule is CC/C=C\C/C=C\C/C=C\CCCCCCCC(=O)OCC(COP(=O)(O)OCC(O)COP(=O)(O)OCC(COC(=O)CCCCCCCC/C=C\C/C=C\C/C=C\CCCCC)OC(=O)CCCCCCCCCCCCC)OC(=O)CCCCCCC/C=C\C/C=C\CCC. The van der Waals surface area contributed by atoms with Crippen molar-refractivity contribution in [1.29, 1.82) is 0 Å². The van der Waals surface area contributed by atoms with E-state index in [0.29, 0.717) is 25.7 Å². The molecular formula is C79H138O17P2. The molecule has 0 fully saturated rings. The second-order valence-corrected chi connectivity index (χ2v) is 28.5. The molecule has 0 heterocycles. The van der Waals surface area contributed by atoms with Crippen molar-refractivity contribution in [2.75, 3.05) is 39.6 Å². The van der Waals surface area contributed by atoms with E-state index in [2.05, 4.69) is 125 Å². The lowest BCUT2D eigenvalue weighted by atomic mass is 10.1. The lowest BCUT2D eigenvalue weighted by Gasteiger charge is -2.21. The summed E-state index contributed by atoms with van der Waals surface area (Å²) >= 11 is 0. The van der Waals surface area contributed by atoms with Gasteiger partial charge < -0.3 is 33.8 Å². The summed E-state index contributed by atoms with van der Waals surface area (Å²) in [4.78, 5) is 72.8. The zero-order chi connectivity index (χ0) is 71.8. The standard InChI is InChI=1S/C79H138O17P2/c1-5-9-13-17-21-25-29-32-34-35-36-37-39-42-45-48-52-56-60-64-77(82)89-69-74(95-78(83)65-61-57-53-49-43-28-24-20-16-12-8-4)71-93-97(85,86)91-67-73(80)68-92-98(87,88)94-72-75(96-79(84)66-62-58-54-50-46-40-31-27-23-19-15-11-7-3)70-90-76(81)63-59-55-51-47-44-41-38-33-30-26-22-18-14-10-6-2/h10,14-15,19,21-22,25-27,31-34,36-38,73-75,80H,5-9,11-13,16-18,20,23-24,28-30,35,39-72H2,1-4H3,(H,85,86)(H,87,88)/b14-10-,19-15-,25-21-,26-22-,31-27-,34-32-,37-36-,38-33-. The van der Waals surface area contributed by atoms with E-state index < -0.39 is 97.5 Å². The minimum Gasteiger partial charge on any atom is -0.462 e. The summed E-state index contributed by atoms with van der Waals surface area (Å²) in [7, 11) is -9.95. The molecule has 0 amide bonds. The highest BCUT2D eigenvalue weighted by atomic mass is 31.2. The molecule has 0 aromatic carbocycles. The average Bonchev–Trinajstić information content (AvgIpc) is 0.983. The normalized spacial score (nSPS) is 14.5. The summed E-state index contributed by atoms with van der Waals surface area (Å²) in [5.74, 6) is -2.21. The first-order chi connectivity index (χ1) is 47.7. The number of esters is 4. The molecule has 19 heteroatoms. The lowest BCUT2D eigenvalue weighted by molar-refractivity contribution is -0.161. The maximum absolute atomic E-state index is 13.1. The molecule has 0 radical (unpaired) electrons. The number of aliphatic hydroxyl groups excluding tert-OH is 1. The molecule has 0 saturated carbocycles. The Hall–Kier alpha value is -4.02. The Labute approximate surface area is 595 Å². The molecule has 0 aromatic heterocycles. The van der Waals surface area contributed by atoms with E-state index in [9.17, 15) is 43.2 Å². The van der Waals surface area contributed by atoms with Crippen molar-refractivity contribution in [3.63, 3.8) is 0 Å². The predicted octanol–water partition coefficient (Wildman–Crippen LogP) is 22.0. The lowest BCUT2D eigenvalue weighted by Crippen LogP contribution is -2.30. The van der Waals surface area contributed by atoms with Crippen molar-refractivity contribution in [3.8, 4) is 0 Å². The first kappa shape index (κ1) is 94.0. The van der Waals surface area contributed by atoms with Crippen LogP contribution >= 0.6 is 15.6 Å². The Morgan fingerprint density at radius 2 is 0.551 bits per heavy atom. The van der Waals surface area contributed by atoms with E-state index in [-0.39, 0.29) is 25.7 Å². The number of ether oxygens (including phenoxy) is 4. The number of allylic oxidation sites excluding steroid dienone is 16. The van der Waals surface area contributed by atoms with Gasteiger partial charge in [0.25, 0.3) is 0 Å². The van der Waals surface area contributed by atoms with Crippen molar-refractivity contribution >= 4 is 39.5 Å². The summed E-state index contributed by atoms with van der Waals surface area (Å²) in [6.45, 7) is 4.63. The van der Waals surface area contributed by atoms with E-state index in [1.807, 2.05) is 0 Å². The van der Waals surface area contributed by atoms with Crippen LogP contribution < -0.4 is 0 Å². The highest BCUT2D eigenvalue weighted by Gasteiger charge is 2.30. The van der Waals surface area contributed by atoms with Gasteiger partial charge in [0, 0.05) is 25.7 Å². The minimum atomic E-state index is -4.98.